The van der Waals surface area contributed by atoms with E-state index in [1.165, 1.54) is 0 Å². The van der Waals surface area contributed by atoms with Gasteiger partial charge in [0.2, 0.25) is 0 Å². The van der Waals surface area contributed by atoms with E-state index >= 15 is 0 Å². The number of aliphatic hydroxyl groups is 1. The van der Waals surface area contributed by atoms with Crippen molar-refractivity contribution in [3.05, 3.63) is 0 Å². The van der Waals surface area contributed by atoms with Crippen LogP contribution >= 0.6 is 0 Å². The average molecular weight is 197 g/mol. The van der Waals surface area contributed by atoms with Crippen LogP contribution in [0.15, 0.2) is 0 Å². The summed E-state index contributed by atoms with van der Waals surface area (Å²) in [5.74, 6) is -0.194. The summed E-state index contributed by atoms with van der Waals surface area (Å²) in [5, 5.41) is 9.33. The smallest absolute Gasteiger partial charge is 0.380 e. The van der Waals surface area contributed by atoms with E-state index in [1.807, 2.05) is 0 Å². The van der Waals surface area contributed by atoms with Crippen LogP contribution in [0.25, 0.3) is 0 Å². The number of alkyl halides is 3. The Hall–Kier alpha value is -0.290. The molecular formula is C8H14F3NO. The van der Waals surface area contributed by atoms with E-state index in [4.69, 9.17) is 5.73 Å². The van der Waals surface area contributed by atoms with E-state index in [2.05, 4.69) is 0 Å². The predicted molar refractivity (Wildman–Crippen MR) is 42.0 cm³/mol. The molecule has 0 radical (unpaired) electrons. The van der Waals surface area contributed by atoms with Gasteiger partial charge in [-0.05, 0) is 38.1 Å². The second-order valence-corrected chi connectivity index (χ2v) is 3.73. The van der Waals surface area contributed by atoms with Crippen molar-refractivity contribution in [2.45, 2.75) is 37.5 Å². The van der Waals surface area contributed by atoms with Crippen molar-refractivity contribution in [2.24, 2.45) is 11.7 Å². The van der Waals surface area contributed by atoms with Crippen LogP contribution in [-0.4, -0.2) is 23.4 Å². The van der Waals surface area contributed by atoms with E-state index < -0.39 is 11.8 Å². The topological polar surface area (TPSA) is 46.2 Å². The lowest BCUT2D eigenvalue weighted by atomic mass is 9.78. The van der Waals surface area contributed by atoms with Crippen LogP contribution < -0.4 is 5.73 Å². The molecule has 5 heteroatoms. The quantitative estimate of drug-likeness (QED) is 0.668. The molecule has 1 fully saturated rings. The van der Waals surface area contributed by atoms with Gasteiger partial charge in [0.05, 0.1) is 0 Å². The molecule has 1 rings (SSSR count). The Labute approximate surface area is 74.9 Å². The molecule has 0 aromatic carbocycles. The highest BCUT2D eigenvalue weighted by molar-refractivity contribution is 4.92. The molecule has 2 atom stereocenters. The van der Waals surface area contributed by atoms with Crippen molar-refractivity contribution in [3.8, 4) is 0 Å². The molecule has 0 saturated heterocycles. The zero-order valence-electron chi connectivity index (χ0n) is 7.27. The molecule has 0 aliphatic heterocycles. The fraction of sp³-hybridized carbons (Fsp3) is 1.00. The lowest BCUT2D eigenvalue weighted by Crippen LogP contribution is -2.49. The lowest BCUT2D eigenvalue weighted by molar-refractivity contribution is -0.273. The van der Waals surface area contributed by atoms with E-state index in [9.17, 15) is 18.3 Å². The van der Waals surface area contributed by atoms with E-state index in [-0.39, 0.29) is 25.3 Å². The van der Waals surface area contributed by atoms with Gasteiger partial charge in [-0.2, -0.15) is 13.2 Å². The van der Waals surface area contributed by atoms with Crippen molar-refractivity contribution in [1.29, 1.82) is 0 Å². The molecule has 2 unspecified atom stereocenters. The molecular weight excluding hydrogens is 183 g/mol. The molecule has 13 heavy (non-hydrogen) atoms. The fourth-order valence-corrected chi connectivity index (χ4v) is 1.82. The Bertz CT molecular complexity index is 183. The summed E-state index contributed by atoms with van der Waals surface area (Å²) in [6.07, 6.45) is -3.85. The molecule has 1 saturated carbocycles. The third-order valence-corrected chi connectivity index (χ3v) is 2.69. The highest BCUT2D eigenvalue weighted by Crippen LogP contribution is 2.43. The van der Waals surface area contributed by atoms with Crippen LogP contribution in [-0.2, 0) is 0 Å². The van der Waals surface area contributed by atoms with Crippen LogP contribution in [0.4, 0.5) is 13.2 Å². The average Bonchev–Trinajstić information content (AvgIpc) is 2.02. The number of halogens is 3. The van der Waals surface area contributed by atoms with Gasteiger partial charge >= 0.3 is 6.18 Å². The second kappa shape index (κ2) is 3.46. The maximum absolute atomic E-state index is 12.3. The fourth-order valence-electron chi connectivity index (χ4n) is 1.82. The minimum atomic E-state index is -4.51. The van der Waals surface area contributed by atoms with Crippen molar-refractivity contribution in [1.82, 2.24) is 0 Å². The summed E-state index contributed by atoms with van der Waals surface area (Å²) in [6, 6.07) is 0. The van der Waals surface area contributed by atoms with Gasteiger partial charge in [0.15, 0.2) is 5.60 Å². The minimum Gasteiger partial charge on any atom is -0.380 e. The molecule has 2 nitrogen and oxygen atoms in total. The van der Waals surface area contributed by atoms with Gasteiger partial charge in [0.1, 0.15) is 0 Å². The monoisotopic (exact) mass is 197 g/mol. The summed E-state index contributed by atoms with van der Waals surface area (Å²) in [4.78, 5) is 0. The largest absolute Gasteiger partial charge is 0.417 e. The molecule has 1 aliphatic carbocycles. The summed E-state index contributed by atoms with van der Waals surface area (Å²) >= 11 is 0. The van der Waals surface area contributed by atoms with Crippen LogP contribution in [0, 0.1) is 5.92 Å². The highest BCUT2D eigenvalue weighted by atomic mass is 19.4. The standard InChI is InChI=1S/C8H14F3NO/c9-8(10,11)7(13)3-1-2-6(4-7)5-12/h6,13H,1-5,12H2. The van der Waals surface area contributed by atoms with E-state index in [0.29, 0.717) is 12.8 Å². The normalized spacial score (nSPS) is 36.2. The molecule has 0 bridgehead atoms. The molecule has 0 aromatic heterocycles. The van der Waals surface area contributed by atoms with Crippen molar-refractivity contribution >= 4 is 0 Å². The van der Waals surface area contributed by atoms with Gasteiger partial charge in [0.25, 0.3) is 0 Å². The van der Waals surface area contributed by atoms with Crippen LogP contribution in [0.2, 0.25) is 0 Å². The Morgan fingerprint density at radius 3 is 2.54 bits per heavy atom. The van der Waals surface area contributed by atoms with Crippen molar-refractivity contribution in [2.75, 3.05) is 6.54 Å². The minimum absolute atomic E-state index is 0.188. The zero-order chi connectivity index (χ0) is 10.1. The van der Waals surface area contributed by atoms with Gasteiger partial charge in [-0.15, -0.1) is 0 Å². The van der Waals surface area contributed by atoms with Gasteiger partial charge in [-0.1, -0.05) is 0 Å². The number of rotatable bonds is 1. The molecule has 0 aromatic rings. The maximum Gasteiger partial charge on any atom is 0.417 e. The van der Waals surface area contributed by atoms with Gasteiger partial charge < -0.3 is 10.8 Å². The number of hydrogen-bond donors (Lipinski definition) is 2. The first-order chi connectivity index (χ1) is 5.89. The third kappa shape index (κ3) is 2.14. The van der Waals surface area contributed by atoms with Crippen LogP contribution in [0.5, 0.6) is 0 Å². The maximum atomic E-state index is 12.3. The first-order valence-electron chi connectivity index (χ1n) is 4.38. The first-order valence-corrected chi connectivity index (χ1v) is 4.38. The highest BCUT2D eigenvalue weighted by Gasteiger charge is 2.54. The van der Waals surface area contributed by atoms with Gasteiger partial charge in [-0.25, -0.2) is 0 Å². The van der Waals surface area contributed by atoms with E-state index in [1.54, 1.807) is 0 Å². The molecule has 78 valence electrons. The number of hydrogen-bond acceptors (Lipinski definition) is 2. The molecule has 1 aliphatic rings. The summed E-state index contributed by atoms with van der Waals surface area (Å²) < 4.78 is 37.0. The Kier molecular flexibility index (Phi) is 2.87. The van der Waals surface area contributed by atoms with Gasteiger partial charge in [-0.3, -0.25) is 0 Å². The Morgan fingerprint density at radius 2 is 2.08 bits per heavy atom. The number of nitrogens with two attached hydrogens (primary N) is 1. The SMILES string of the molecule is NCC1CCCC(O)(C(F)(F)F)C1. The summed E-state index contributed by atoms with van der Waals surface area (Å²) in [5.41, 5.74) is 2.80. The lowest BCUT2D eigenvalue weighted by Gasteiger charge is -2.37. The molecule has 0 amide bonds. The second-order valence-electron chi connectivity index (χ2n) is 3.73. The Morgan fingerprint density at radius 1 is 1.46 bits per heavy atom. The van der Waals surface area contributed by atoms with Crippen molar-refractivity contribution in [3.63, 3.8) is 0 Å². The van der Waals surface area contributed by atoms with Crippen molar-refractivity contribution < 1.29 is 18.3 Å². The van der Waals surface area contributed by atoms with E-state index in [0.717, 1.165) is 0 Å². The molecule has 3 N–H and O–H groups in total. The van der Waals surface area contributed by atoms with Crippen LogP contribution in [0.1, 0.15) is 25.7 Å². The van der Waals surface area contributed by atoms with Crippen LogP contribution in [0.3, 0.4) is 0 Å². The predicted octanol–water partition coefficient (Wildman–Crippen LogP) is 1.43. The third-order valence-electron chi connectivity index (χ3n) is 2.69. The van der Waals surface area contributed by atoms with Gasteiger partial charge in [0, 0.05) is 0 Å². The molecule has 0 spiro atoms. The zero-order valence-corrected chi connectivity index (χ0v) is 7.27. The molecule has 0 heterocycles. The Balaban J connectivity index is 2.68. The summed E-state index contributed by atoms with van der Waals surface area (Å²) in [6.45, 7) is 0.221. The first kappa shape index (κ1) is 10.8. The summed E-state index contributed by atoms with van der Waals surface area (Å²) in [7, 11) is 0.